The number of hydrogen-bond acceptors (Lipinski definition) is 3. The average molecular weight is 338 g/mol. The molecule has 0 unspecified atom stereocenters. The SMILES string of the molecule is COCN1C(=O)CCc2cc(NC(=O)c3c(C)cccc3C)ccc21. The largest absolute Gasteiger partial charge is 0.364 e. The number of nitrogens with one attached hydrogen (secondary N) is 1. The van der Waals surface area contributed by atoms with E-state index >= 15 is 0 Å². The first kappa shape index (κ1) is 17.2. The summed E-state index contributed by atoms with van der Waals surface area (Å²) in [6.45, 7) is 4.10. The predicted molar refractivity (Wildman–Crippen MR) is 98.0 cm³/mol. The van der Waals surface area contributed by atoms with Gasteiger partial charge in [-0.25, -0.2) is 0 Å². The van der Waals surface area contributed by atoms with E-state index < -0.39 is 0 Å². The minimum atomic E-state index is -0.115. The molecule has 0 bridgehead atoms. The molecule has 0 spiro atoms. The Balaban J connectivity index is 1.86. The number of benzene rings is 2. The van der Waals surface area contributed by atoms with Crippen LogP contribution in [0.4, 0.5) is 11.4 Å². The van der Waals surface area contributed by atoms with Gasteiger partial charge in [0.25, 0.3) is 5.91 Å². The van der Waals surface area contributed by atoms with E-state index in [9.17, 15) is 9.59 Å². The first-order valence-corrected chi connectivity index (χ1v) is 8.31. The van der Waals surface area contributed by atoms with Crippen molar-refractivity contribution in [3.8, 4) is 0 Å². The molecule has 1 heterocycles. The fourth-order valence-electron chi connectivity index (χ4n) is 3.27. The number of aryl methyl sites for hydroxylation is 3. The van der Waals surface area contributed by atoms with E-state index in [1.807, 2.05) is 50.2 Å². The van der Waals surface area contributed by atoms with Crippen LogP contribution in [0.1, 0.15) is 33.5 Å². The van der Waals surface area contributed by atoms with Crippen molar-refractivity contribution in [3.63, 3.8) is 0 Å². The van der Waals surface area contributed by atoms with Gasteiger partial charge >= 0.3 is 0 Å². The predicted octanol–water partition coefficient (Wildman–Crippen LogP) is 3.44. The van der Waals surface area contributed by atoms with Crippen LogP contribution in [0.2, 0.25) is 0 Å². The summed E-state index contributed by atoms with van der Waals surface area (Å²) in [7, 11) is 1.57. The molecule has 1 aliphatic rings. The van der Waals surface area contributed by atoms with E-state index in [4.69, 9.17) is 4.74 Å². The molecule has 2 aromatic rings. The van der Waals surface area contributed by atoms with Crippen molar-refractivity contribution < 1.29 is 14.3 Å². The lowest BCUT2D eigenvalue weighted by molar-refractivity contribution is -0.119. The van der Waals surface area contributed by atoms with E-state index in [0.717, 1.165) is 28.1 Å². The van der Waals surface area contributed by atoms with Crippen LogP contribution in [0.25, 0.3) is 0 Å². The third-order valence-corrected chi connectivity index (χ3v) is 4.50. The van der Waals surface area contributed by atoms with Gasteiger partial charge in [0.1, 0.15) is 6.73 Å². The van der Waals surface area contributed by atoms with Crippen molar-refractivity contribution in [2.24, 2.45) is 0 Å². The van der Waals surface area contributed by atoms with E-state index in [-0.39, 0.29) is 18.5 Å². The maximum atomic E-state index is 12.6. The molecule has 1 N–H and O–H groups in total. The quantitative estimate of drug-likeness (QED) is 0.929. The highest BCUT2D eigenvalue weighted by molar-refractivity contribution is 6.06. The number of methoxy groups -OCH3 is 1. The molecule has 0 saturated carbocycles. The molecule has 0 fully saturated rings. The third-order valence-electron chi connectivity index (χ3n) is 4.50. The van der Waals surface area contributed by atoms with Gasteiger partial charge in [-0.2, -0.15) is 0 Å². The van der Waals surface area contributed by atoms with Crippen LogP contribution in [0, 0.1) is 13.8 Å². The molecular weight excluding hydrogens is 316 g/mol. The number of fused-ring (bicyclic) bond motifs is 1. The molecule has 5 nitrogen and oxygen atoms in total. The highest BCUT2D eigenvalue weighted by atomic mass is 16.5. The van der Waals surface area contributed by atoms with Crippen LogP contribution in [0.5, 0.6) is 0 Å². The number of carbonyl (C=O) groups is 2. The molecule has 130 valence electrons. The van der Waals surface area contributed by atoms with Crippen molar-refractivity contribution in [3.05, 3.63) is 58.7 Å². The molecule has 0 aromatic heterocycles. The van der Waals surface area contributed by atoms with Gasteiger partial charge in [0.15, 0.2) is 0 Å². The zero-order chi connectivity index (χ0) is 18.0. The van der Waals surface area contributed by atoms with Gasteiger partial charge in [-0.3, -0.25) is 14.5 Å². The Bertz CT molecular complexity index is 809. The second kappa shape index (κ2) is 7.07. The first-order chi connectivity index (χ1) is 12.0. The molecule has 0 radical (unpaired) electrons. The number of nitrogens with zero attached hydrogens (tertiary/aromatic N) is 1. The third kappa shape index (κ3) is 3.42. The molecule has 1 aliphatic heterocycles. The molecule has 0 saturated heterocycles. The average Bonchev–Trinajstić information content (AvgIpc) is 2.57. The van der Waals surface area contributed by atoms with Crippen LogP contribution in [-0.4, -0.2) is 25.7 Å². The van der Waals surface area contributed by atoms with Gasteiger partial charge in [0.05, 0.1) is 0 Å². The molecule has 0 aliphatic carbocycles. The highest BCUT2D eigenvalue weighted by Gasteiger charge is 2.24. The Hall–Kier alpha value is -2.66. The Kier molecular flexibility index (Phi) is 4.86. The zero-order valence-corrected chi connectivity index (χ0v) is 14.8. The Morgan fingerprint density at radius 3 is 2.56 bits per heavy atom. The maximum Gasteiger partial charge on any atom is 0.256 e. The summed E-state index contributed by atoms with van der Waals surface area (Å²) in [5.74, 6) is -0.0575. The second-order valence-electron chi connectivity index (χ2n) is 6.30. The van der Waals surface area contributed by atoms with Gasteiger partial charge < -0.3 is 10.1 Å². The molecule has 3 rings (SSSR count). The van der Waals surface area contributed by atoms with Gasteiger partial charge in [-0.05, 0) is 55.2 Å². The van der Waals surface area contributed by atoms with Crippen molar-refractivity contribution >= 4 is 23.2 Å². The van der Waals surface area contributed by atoms with Gasteiger partial charge in [-0.15, -0.1) is 0 Å². The summed E-state index contributed by atoms with van der Waals surface area (Å²) in [6.07, 6.45) is 1.12. The fraction of sp³-hybridized carbons (Fsp3) is 0.300. The summed E-state index contributed by atoms with van der Waals surface area (Å²) in [5, 5.41) is 2.97. The van der Waals surface area contributed by atoms with E-state index in [2.05, 4.69) is 5.32 Å². The lowest BCUT2D eigenvalue weighted by Crippen LogP contribution is -2.36. The smallest absolute Gasteiger partial charge is 0.256 e. The van der Waals surface area contributed by atoms with E-state index in [1.54, 1.807) is 12.0 Å². The van der Waals surface area contributed by atoms with Crippen LogP contribution in [0.3, 0.4) is 0 Å². The lowest BCUT2D eigenvalue weighted by atomic mass is 10.00. The topological polar surface area (TPSA) is 58.6 Å². The normalized spacial score (nSPS) is 13.6. The van der Waals surface area contributed by atoms with Crippen LogP contribution in [-0.2, 0) is 16.0 Å². The van der Waals surface area contributed by atoms with E-state index in [0.29, 0.717) is 18.4 Å². The Morgan fingerprint density at radius 2 is 1.88 bits per heavy atom. The summed E-state index contributed by atoms with van der Waals surface area (Å²) in [4.78, 5) is 26.3. The summed E-state index contributed by atoms with van der Waals surface area (Å²) >= 11 is 0. The number of rotatable bonds is 4. The molecule has 2 amide bonds. The van der Waals surface area contributed by atoms with Gasteiger partial charge in [0.2, 0.25) is 5.91 Å². The summed E-state index contributed by atoms with van der Waals surface area (Å²) < 4.78 is 5.12. The second-order valence-corrected chi connectivity index (χ2v) is 6.30. The number of anilines is 2. The molecular formula is C20H22N2O3. The van der Waals surface area contributed by atoms with Crippen molar-refractivity contribution in [1.29, 1.82) is 0 Å². The van der Waals surface area contributed by atoms with Gasteiger partial charge in [-0.1, -0.05) is 18.2 Å². The lowest BCUT2D eigenvalue weighted by Gasteiger charge is -2.29. The van der Waals surface area contributed by atoms with Crippen LogP contribution >= 0.6 is 0 Å². The van der Waals surface area contributed by atoms with Gasteiger partial charge in [0, 0.05) is 30.5 Å². The van der Waals surface area contributed by atoms with Crippen molar-refractivity contribution in [2.45, 2.75) is 26.7 Å². The number of hydrogen-bond donors (Lipinski definition) is 1. The maximum absolute atomic E-state index is 12.6. The standard InChI is InChI=1S/C20H22N2O3/c1-13-5-4-6-14(2)19(13)20(24)21-16-8-9-17-15(11-16)7-10-18(23)22(17)12-25-3/h4-6,8-9,11H,7,10,12H2,1-3H3,(H,21,24). The molecule has 2 aromatic carbocycles. The molecule has 0 atom stereocenters. The number of ether oxygens (including phenoxy) is 1. The van der Waals surface area contributed by atoms with Crippen LogP contribution in [0.15, 0.2) is 36.4 Å². The number of amides is 2. The first-order valence-electron chi connectivity index (χ1n) is 8.31. The van der Waals surface area contributed by atoms with Crippen LogP contribution < -0.4 is 10.2 Å². The Morgan fingerprint density at radius 1 is 1.16 bits per heavy atom. The van der Waals surface area contributed by atoms with Crippen molar-refractivity contribution in [2.75, 3.05) is 24.1 Å². The number of carbonyl (C=O) groups excluding carboxylic acids is 2. The van der Waals surface area contributed by atoms with E-state index in [1.165, 1.54) is 0 Å². The monoisotopic (exact) mass is 338 g/mol. The zero-order valence-electron chi connectivity index (χ0n) is 14.8. The van der Waals surface area contributed by atoms with Crippen molar-refractivity contribution in [1.82, 2.24) is 0 Å². The molecule has 25 heavy (non-hydrogen) atoms. The molecule has 5 heteroatoms. The summed E-state index contributed by atoms with van der Waals surface area (Å²) in [6, 6.07) is 11.4. The summed E-state index contributed by atoms with van der Waals surface area (Å²) in [5.41, 5.74) is 5.23. The fourth-order valence-corrected chi connectivity index (χ4v) is 3.27. The minimum Gasteiger partial charge on any atom is -0.364 e. The minimum absolute atomic E-state index is 0.0571. The highest BCUT2D eigenvalue weighted by Crippen LogP contribution is 2.30. The Labute approximate surface area is 147 Å².